The number of likely N-dealkylation sites (tertiary alicyclic amines) is 1. The first-order valence-electron chi connectivity index (χ1n) is 9.51. The summed E-state index contributed by atoms with van der Waals surface area (Å²) in [5, 5.41) is 7.66. The van der Waals surface area contributed by atoms with E-state index < -0.39 is 0 Å². The van der Waals surface area contributed by atoms with Crippen molar-refractivity contribution in [3.05, 3.63) is 34.0 Å². The number of hydrogen-bond donors (Lipinski definition) is 0. The molecule has 0 aromatic carbocycles. The van der Waals surface area contributed by atoms with Gasteiger partial charge in [-0.15, -0.1) is 11.3 Å². The van der Waals surface area contributed by atoms with E-state index in [4.69, 9.17) is 4.74 Å². The van der Waals surface area contributed by atoms with Crippen molar-refractivity contribution in [1.82, 2.24) is 24.6 Å². The molecule has 0 aliphatic carbocycles. The molecule has 0 bridgehead atoms. The van der Waals surface area contributed by atoms with Crippen molar-refractivity contribution in [3.8, 4) is 0 Å². The molecule has 142 valence electrons. The summed E-state index contributed by atoms with van der Waals surface area (Å²) >= 11 is 1.74. The highest BCUT2D eigenvalue weighted by Gasteiger charge is 2.39. The third kappa shape index (κ3) is 4.34. The van der Waals surface area contributed by atoms with Crippen LogP contribution < -0.4 is 0 Å². The van der Waals surface area contributed by atoms with Gasteiger partial charge in [-0.05, 0) is 26.3 Å². The Morgan fingerprint density at radius 1 is 1.23 bits per heavy atom. The molecule has 6 nitrogen and oxygen atoms in total. The minimum atomic E-state index is 0.238. The topological polar surface area (TPSA) is 46.4 Å². The van der Waals surface area contributed by atoms with Gasteiger partial charge in [-0.2, -0.15) is 5.10 Å². The van der Waals surface area contributed by atoms with Crippen LogP contribution in [0.3, 0.4) is 0 Å². The molecule has 2 saturated heterocycles. The van der Waals surface area contributed by atoms with E-state index >= 15 is 0 Å². The van der Waals surface area contributed by atoms with Crippen LogP contribution in [-0.4, -0.2) is 64.0 Å². The summed E-state index contributed by atoms with van der Waals surface area (Å²) in [5.41, 5.74) is 2.74. The monoisotopic (exact) mass is 375 g/mol. The second-order valence-corrected chi connectivity index (χ2v) is 9.02. The van der Waals surface area contributed by atoms with Gasteiger partial charge in [0.15, 0.2) is 0 Å². The summed E-state index contributed by atoms with van der Waals surface area (Å²) in [5.74, 6) is 0. The quantitative estimate of drug-likeness (QED) is 0.821. The van der Waals surface area contributed by atoms with Crippen LogP contribution in [0.25, 0.3) is 0 Å². The van der Waals surface area contributed by atoms with Crippen LogP contribution in [0.2, 0.25) is 0 Å². The summed E-state index contributed by atoms with van der Waals surface area (Å²) in [6.45, 7) is 10.1. The molecule has 4 rings (SSSR count). The Balaban J connectivity index is 1.42. The fourth-order valence-electron chi connectivity index (χ4n) is 4.43. The molecular formula is C19H29N5OS. The standard InChI is InChI=1S/C19H29N5OS/c1-16-21-18(12-26-16)11-24-6-7-25-15-19(14-24)4-3-5-23(13-19)10-17-8-20-22(2)9-17/h8-9,12H,3-7,10-11,13-15H2,1-2H3/t19-/m1/s1. The zero-order chi connectivity index (χ0) is 18.0. The second kappa shape index (κ2) is 7.76. The number of aryl methyl sites for hydroxylation is 2. The van der Waals surface area contributed by atoms with Crippen LogP contribution >= 0.6 is 11.3 Å². The van der Waals surface area contributed by atoms with Crippen LogP contribution in [0.5, 0.6) is 0 Å². The summed E-state index contributed by atoms with van der Waals surface area (Å²) in [6, 6.07) is 0. The Bertz CT molecular complexity index is 729. The Morgan fingerprint density at radius 3 is 2.81 bits per heavy atom. The minimum absolute atomic E-state index is 0.238. The lowest BCUT2D eigenvalue weighted by molar-refractivity contribution is 0.00242. The molecule has 4 heterocycles. The molecule has 0 radical (unpaired) electrons. The summed E-state index contributed by atoms with van der Waals surface area (Å²) in [6.07, 6.45) is 6.61. The van der Waals surface area contributed by atoms with Crippen LogP contribution in [-0.2, 0) is 24.9 Å². The molecule has 0 unspecified atom stereocenters. The maximum atomic E-state index is 6.06. The molecule has 26 heavy (non-hydrogen) atoms. The van der Waals surface area contributed by atoms with Crippen molar-refractivity contribution in [2.75, 3.05) is 39.4 Å². The van der Waals surface area contributed by atoms with Crippen LogP contribution in [0, 0.1) is 12.3 Å². The van der Waals surface area contributed by atoms with Crippen molar-refractivity contribution < 1.29 is 4.74 Å². The molecular weight excluding hydrogens is 346 g/mol. The average molecular weight is 376 g/mol. The fraction of sp³-hybridized carbons (Fsp3) is 0.684. The molecule has 7 heteroatoms. The largest absolute Gasteiger partial charge is 0.379 e. The van der Waals surface area contributed by atoms with Crippen molar-refractivity contribution in [3.63, 3.8) is 0 Å². The van der Waals surface area contributed by atoms with Gasteiger partial charge in [-0.3, -0.25) is 14.5 Å². The summed E-state index contributed by atoms with van der Waals surface area (Å²) in [7, 11) is 1.98. The van der Waals surface area contributed by atoms with E-state index in [0.717, 1.165) is 50.9 Å². The van der Waals surface area contributed by atoms with Crippen molar-refractivity contribution >= 4 is 11.3 Å². The molecule has 2 aliphatic heterocycles. The second-order valence-electron chi connectivity index (χ2n) is 7.96. The maximum absolute atomic E-state index is 6.06. The highest BCUT2D eigenvalue weighted by Crippen LogP contribution is 2.34. The number of hydrogen-bond acceptors (Lipinski definition) is 6. The lowest BCUT2D eigenvalue weighted by Crippen LogP contribution is -2.50. The van der Waals surface area contributed by atoms with E-state index in [9.17, 15) is 0 Å². The molecule has 1 spiro atoms. The summed E-state index contributed by atoms with van der Waals surface area (Å²) < 4.78 is 7.95. The Morgan fingerprint density at radius 2 is 2.08 bits per heavy atom. The van der Waals surface area contributed by atoms with Gasteiger partial charge in [-0.1, -0.05) is 0 Å². The molecule has 2 fully saturated rings. The number of rotatable bonds is 4. The molecule has 0 saturated carbocycles. The van der Waals surface area contributed by atoms with E-state index in [1.54, 1.807) is 11.3 Å². The van der Waals surface area contributed by atoms with Gasteiger partial charge in [0.05, 0.1) is 30.1 Å². The van der Waals surface area contributed by atoms with E-state index in [2.05, 4.69) is 38.4 Å². The highest BCUT2D eigenvalue weighted by molar-refractivity contribution is 7.09. The van der Waals surface area contributed by atoms with Gasteiger partial charge in [0.1, 0.15) is 0 Å². The zero-order valence-electron chi connectivity index (χ0n) is 15.9. The Kier molecular flexibility index (Phi) is 5.40. The predicted molar refractivity (Wildman–Crippen MR) is 103 cm³/mol. The normalized spacial score (nSPS) is 25.6. The van der Waals surface area contributed by atoms with E-state index in [1.807, 2.05) is 17.9 Å². The SMILES string of the molecule is Cc1nc(CN2CCOC[C@@]3(CCCN(Cc4cnn(C)c4)C3)C2)cs1. The summed E-state index contributed by atoms with van der Waals surface area (Å²) in [4.78, 5) is 9.79. The molecule has 0 N–H and O–H groups in total. The zero-order valence-corrected chi connectivity index (χ0v) is 16.7. The van der Waals surface area contributed by atoms with Gasteiger partial charge in [0.25, 0.3) is 0 Å². The van der Waals surface area contributed by atoms with E-state index in [-0.39, 0.29) is 5.41 Å². The van der Waals surface area contributed by atoms with Crippen molar-refractivity contribution in [2.24, 2.45) is 12.5 Å². The Hall–Kier alpha value is -1.28. The first-order chi connectivity index (χ1) is 12.6. The first kappa shape index (κ1) is 18.1. The molecule has 2 aliphatic rings. The molecule has 1 atom stereocenters. The third-order valence-corrected chi connectivity index (χ3v) is 6.30. The average Bonchev–Trinajstić information content (AvgIpc) is 3.14. The minimum Gasteiger partial charge on any atom is -0.379 e. The predicted octanol–water partition coefficient (Wildman–Crippen LogP) is 2.30. The van der Waals surface area contributed by atoms with Gasteiger partial charge in [0.2, 0.25) is 0 Å². The smallest absolute Gasteiger partial charge is 0.0897 e. The van der Waals surface area contributed by atoms with Crippen molar-refractivity contribution in [1.29, 1.82) is 0 Å². The number of piperidine rings is 1. The van der Waals surface area contributed by atoms with Crippen LogP contribution in [0.15, 0.2) is 17.8 Å². The number of thiazole rings is 1. The number of nitrogens with zero attached hydrogens (tertiary/aromatic N) is 5. The molecule has 0 amide bonds. The third-order valence-electron chi connectivity index (χ3n) is 5.48. The molecule has 2 aromatic heterocycles. The Labute approximate surface area is 159 Å². The lowest BCUT2D eigenvalue weighted by Gasteiger charge is -2.43. The van der Waals surface area contributed by atoms with E-state index in [1.165, 1.54) is 30.6 Å². The van der Waals surface area contributed by atoms with Gasteiger partial charge >= 0.3 is 0 Å². The van der Waals surface area contributed by atoms with Gasteiger partial charge in [0, 0.05) is 62.3 Å². The van der Waals surface area contributed by atoms with Crippen LogP contribution in [0.4, 0.5) is 0 Å². The fourth-order valence-corrected chi connectivity index (χ4v) is 5.03. The lowest BCUT2D eigenvalue weighted by atomic mass is 9.80. The highest BCUT2D eigenvalue weighted by atomic mass is 32.1. The first-order valence-corrected chi connectivity index (χ1v) is 10.4. The van der Waals surface area contributed by atoms with Gasteiger partial charge in [-0.25, -0.2) is 4.98 Å². The van der Waals surface area contributed by atoms with Crippen LogP contribution in [0.1, 0.15) is 29.1 Å². The molecule has 2 aromatic rings. The van der Waals surface area contributed by atoms with Crippen molar-refractivity contribution in [2.45, 2.75) is 32.9 Å². The van der Waals surface area contributed by atoms with E-state index in [0.29, 0.717) is 0 Å². The van der Waals surface area contributed by atoms with Gasteiger partial charge < -0.3 is 4.74 Å². The number of aromatic nitrogens is 3. The maximum Gasteiger partial charge on any atom is 0.0897 e. The number of ether oxygens (including phenoxy) is 1.